The molecule has 1 aromatic rings. The molecule has 1 heterocycles. The molecule has 1 N–H and O–H groups in total. The third kappa shape index (κ3) is 3.67. The summed E-state index contributed by atoms with van der Waals surface area (Å²) in [5.74, 6) is -1.46. The van der Waals surface area contributed by atoms with E-state index in [1.165, 1.54) is 0 Å². The molecule has 0 saturated heterocycles. The molecule has 102 valence electrons. The van der Waals surface area contributed by atoms with Gasteiger partial charge in [-0.3, -0.25) is 0 Å². The predicted octanol–water partition coefficient (Wildman–Crippen LogP) is 3.15. The first kappa shape index (κ1) is 14.9. The minimum absolute atomic E-state index is 0.234. The number of rotatable bonds is 4. The summed E-state index contributed by atoms with van der Waals surface area (Å²) in [5, 5.41) is 8.83. The molecule has 0 bridgehead atoms. The predicted molar refractivity (Wildman–Crippen MR) is 51.4 cm³/mol. The van der Waals surface area contributed by atoms with E-state index in [4.69, 9.17) is 16.7 Å². The largest absolute Gasteiger partial charge is 0.574 e. The second kappa shape index (κ2) is 5.66. The average Bonchev–Trinajstić information content (AvgIpc) is 2.26. The first-order valence-corrected chi connectivity index (χ1v) is 5.05. The summed E-state index contributed by atoms with van der Waals surface area (Å²) >= 11 is 5.37. The molecule has 0 atom stereocenters. The second-order valence-corrected chi connectivity index (χ2v) is 3.40. The van der Waals surface area contributed by atoms with Crippen molar-refractivity contribution in [1.29, 1.82) is 0 Å². The Bertz CT molecular complexity index is 424. The third-order valence-corrected chi connectivity index (χ3v) is 2.20. The Morgan fingerprint density at radius 3 is 2.33 bits per heavy atom. The lowest BCUT2D eigenvalue weighted by atomic mass is 10.1. The van der Waals surface area contributed by atoms with Crippen LogP contribution in [0.3, 0.4) is 0 Å². The van der Waals surface area contributed by atoms with Crippen molar-refractivity contribution in [2.75, 3.05) is 0 Å². The van der Waals surface area contributed by atoms with Gasteiger partial charge in [0.05, 0.1) is 12.5 Å². The van der Waals surface area contributed by atoms with Gasteiger partial charge < -0.3 is 9.84 Å². The average molecular weight is 292 g/mol. The number of nitrogens with zero attached hydrogens (tertiary/aromatic N) is 1. The number of aliphatic hydroxyl groups is 1. The molecule has 0 aliphatic carbocycles. The Morgan fingerprint density at radius 2 is 1.94 bits per heavy atom. The van der Waals surface area contributed by atoms with Crippen molar-refractivity contribution in [3.63, 3.8) is 0 Å². The lowest BCUT2D eigenvalue weighted by Gasteiger charge is -2.14. The van der Waals surface area contributed by atoms with Crippen molar-refractivity contribution < 1.29 is 31.8 Å². The molecule has 1 rings (SSSR count). The number of hydrogen-bond donors (Lipinski definition) is 1. The molecule has 18 heavy (non-hydrogen) atoms. The molecule has 3 nitrogen and oxygen atoms in total. The zero-order valence-electron chi connectivity index (χ0n) is 8.64. The van der Waals surface area contributed by atoms with Gasteiger partial charge in [0.25, 0.3) is 6.43 Å². The Kier molecular flexibility index (Phi) is 4.69. The van der Waals surface area contributed by atoms with Crippen LogP contribution in [0.2, 0.25) is 0 Å². The minimum atomic E-state index is -5.06. The van der Waals surface area contributed by atoms with Crippen molar-refractivity contribution >= 4 is 11.6 Å². The highest BCUT2D eigenvalue weighted by Gasteiger charge is 2.33. The standard InChI is InChI=1S/C9H7ClF5NO2/c10-2-4-1-5(3-17)6(7(11)12)16-8(4)18-9(13,14)15/h1,7,17H,2-3H2. The SMILES string of the molecule is OCc1cc(CCl)c(OC(F)(F)F)nc1C(F)F. The van der Waals surface area contributed by atoms with Crippen LogP contribution in [0.5, 0.6) is 5.88 Å². The molecule has 0 unspecified atom stereocenters. The van der Waals surface area contributed by atoms with E-state index in [1.807, 2.05) is 0 Å². The molecule has 9 heteroatoms. The van der Waals surface area contributed by atoms with Crippen molar-refractivity contribution in [1.82, 2.24) is 4.98 Å². The molecule has 0 fully saturated rings. The first-order valence-electron chi connectivity index (χ1n) is 4.52. The Labute approximate surface area is 103 Å². The van der Waals surface area contributed by atoms with Gasteiger partial charge in [0.1, 0.15) is 5.69 Å². The quantitative estimate of drug-likeness (QED) is 0.684. The van der Waals surface area contributed by atoms with E-state index in [9.17, 15) is 22.0 Å². The number of alkyl halides is 6. The van der Waals surface area contributed by atoms with E-state index in [-0.39, 0.29) is 11.1 Å². The first-order chi connectivity index (χ1) is 8.28. The van der Waals surface area contributed by atoms with Crippen LogP contribution < -0.4 is 4.74 Å². The highest BCUT2D eigenvalue weighted by molar-refractivity contribution is 6.17. The fourth-order valence-corrected chi connectivity index (χ4v) is 1.40. The zero-order chi connectivity index (χ0) is 13.9. The molecular formula is C9H7ClF5NO2. The summed E-state index contributed by atoms with van der Waals surface area (Å²) in [6, 6.07) is 0.905. The van der Waals surface area contributed by atoms with E-state index in [0.717, 1.165) is 6.07 Å². The monoisotopic (exact) mass is 291 g/mol. The molecule has 0 aliphatic heterocycles. The molecule has 0 saturated carbocycles. The summed E-state index contributed by atoms with van der Waals surface area (Å²) in [5.41, 5.74) is -1.50. The van der Waals surface area contributed by atoms with Crippen LogP contribution in [0.15, 0.2) is 6.07 Å². The Morgan fingerprint density at radius 1 is 1.33 bits per heavy atom. The number of halogens is 6. The van der Waals surface area contributed by atoms with Crippen molar-refractivity contribution in [2.24, 2.45) is 0 Å². The summed E-state index contributed by atoms with van der Waals surface area (Å²) < 4.78 is 64.6. The van der Waals surface area contributed by atoms with Gasteiger partial charge in [-0.05, 0) is 6.07 Å². The van der Waals surface area contributed by atoms with E-state index >= 15 is 0 Å². The maximum absolute atomic E-state index is 12.5. The van der Waals surface area contributed by atoms with Gasteiger partial charge in [-0.1, -0.05) is 0 Å². The summed E-state index contributed by atoms with van der Waals surface area (Å²) in [4.78, 5) is 3.06. The molecule has 0 amide bonds. The minimum Gasteiger partial charge on any atom is -0.392 e. The maximum atomic E-state index is 12.5. The van der Waals surface area contributed by atoms with Gasteiger partial charge in [-0.15, -0.1) is 24.8 Å². The fraction of sp³-hybridized carbons (Fsp3) is 0.444. The van der Waals surface area contributed by atoms with Crippen LogP contribution in [0.4, 0.5) is 22.0 Å². The van der Waals surface area contributed by atoms with E-state index < -0.39 is 36.8 Å². The highest BCUT2D eigenvalue weighted by Crippen LogP contribution is 2.31. The number of hydrogen-bond acceptors (Lipinski definition) is 3. The Hall–Kier alpha value is -1.15. The molecule has 0 aliphatic rings. The van der Waals surface area contributed by atoms with Crippen LogP contribution in [0.1, 0.15) is 23.2 Å². The van der Waals surface area contributed by atoms with Gasteiger partial charge in [0.15, 0.2) is 0 Å². The second-order valence-electron chi connectivity index (χ2n) is 3.14. The summed E-state index contributed by atoms with van der Waals surface area (Å²) in [6.45, 7) is -0.789. The number of aromatic nitrogens is 1. The van der Waals surface area contributed by atoms with E-state index in [2.05, 4.69) is 9.72 Å². The van der Waals surface area contributed by atoms with Crippen molar-refractivity contribution in [3.8, 4) is 5.88 Å². The number of aliphatic hydroxyl groups excluding tert-OH is 1. The summed E-state index contributed by atoms with van der Waals surface area (Å²) in [6.07, 6.45) is -8.19. The van der Waals surface area contributed by atoms with Crippen LogP contribution in [-0.4, -0.2) is 16.5 Å². The lowest BCUT2D eigenvalue weighted by molar-refractivity contribution is -0.276. The molecule has 0 radical (unpaired) electrons. The van der Waals surface area contributed by atoms with Gasteiger partial charge in [-0.25, -0.2) is 13.8 Å². The molecule has 1 aromatic heterocycles. The molecule has 0 aromatic carbocycles. The van der Waals surface area contributed by atoms with Crippen LogP contribution >= 0.6 is 11.6 Å². The molecule has 0 spiro atoms. The number of pyridine rings is 1. The Balaban J connectivity index is 3.27. The van der Waals surface area contributed by atoms with Gasteiger partial charge >= 0.3 is 6.36 Å². The van der Waals surface area contributed by atoms with Crippen LogP contribution in [0.25, 0.3) is 0 Å². The van der Waals surface area contributed by atoms with Crippen LogP contribution in [-0.2, 0) is 12.5 Å². The van der Waals surface area contributed by atoms with E-state index in [0.29, 0.717) is 0 Å². The van der Waals surface area contributed by atoms with E-state index in [1.54, 1.807) is 0 Å². The van der Waals surface area contributed by atoms with Crippen molar-refractivity contribution in [3.05, 3.63) is 22.9 Å². The maximum Gasteiger partial charge on any atom is 0.574 e. The third-order valence-electron chi connectivity index (χ3n) is 1.91. The van der Waals surface area contributed by atoms with Crippen LogP contribution in [0, 0.1) is 0 Å². The zero-order valence-corrected chi connectivity index (χ0v) is 9.40. The normalized spacial score (nSPS) is 12.0. The van der Waals surface area contributed by atoms with Gasteiger partial charge in [-0.2, -0.15) is 0 Å². The fourth-order valence-electron chi connectivity index (χ4n) is 1.21. The summed E-state index contributed by atoms with van der Waals surface area (Å²) in [7, 11) is 0. The lowest BCUT2D eigenvalue weighted by Crippen LogP contribution is -2.20. The topological polar surface area (TPSA) is 42.4 Å². The number of ether oxygens (including phenoxy) is 1. The van der Waals surface area contributed by atoms with Crippen molar-refractivity contribution in [2.45, 2.75) is 25.3 Å². The van der Waals surface area contributed by atoms with Gasteiger partial charge in [0, 0.05) is 11.1 Å². The smallest absolute Gasteiger partial charge is 0.392 e. The molecular weight excluding hydrogens is 285 g/mol. The van der Waals surface area contributed by atoms with Gasteiger partial charge in [0.2, 0.25) is 5.88 Å². The highest BCUT2D eigenvalue weighted by atomic mass is 35.5.